The lowest BCUT2D eigenvalue weighted by atomic mass is 10.1. The predicted octanol–water partition coefficient (Wildman–Crippen LogP) is 2.25. The summed E-state index contributed by atoms with van der Waals surface area (Å²) in [6.07, 6.45) is 2.10. The molecule has 0 bridgehead atoms. The Labute approximate surface area is 164 Å². The number of hydrogen-bond donors (Lipinski definition) is 2. The van der Waals surface area contributed by atoms with Gasteiger partial charge < -0.3 is 25.0 Å². The molecule has 0 amide bonds. The fourth-order valence-electron chi connectivity index (χ4n) is 3.01. The second kappa shape index (κ2) is 12.7. The summed E-state index contributed by atoms with van der Waals surface area (Å²) >= 11 is 0. The first-order valence-corrected chi connectivity index (χ1v) is 10.1. The maximum Gasteiger partial charge on any atom is 0.191 e. The highest BCUT2D eigenvalue weighted by atomic mass is 16.5. The third-order valence-electron chi connectivity index (χ3n) is 4.80. The summed E-state index contributed by atoms with van der Waals surface area (Å²) in [4.78, 5) is 6.60. The smallest absolute Gasteiger partial charge is 0.191 e. The molecule has 1 heterocycles. The van der Waals surface area contributed by atoms with E-state index >= 15 is 0 Å². The molecule has 2 rings (SSSR count). The molecule has 2 N–H and O–H groups in total. The Morgan fingerprint density at radius 1 is 1.33 bits per heavy atom. The Balaban J connectivity index is 1.61. The number of aliphatic imine (C=N–C) groups is 1. The van der Waals surface area contributed by atoms with E-state index in [2.05, 4.69) is 58.8 Å². The molecule has 1 aliphatic heterocycles. The van der Waals surface area contributed by atoms with E-state index in [1.165, 1.54) is 11.1 Å². The molecular formula is C21H36N4O2. The van der Waals surface area contributed by atoms with Crippen LogP contribution in [-0.2, 0) is 22.6 Å². The van der Waals surface area contributed by atoms with Crippen molar-refractivity contribution < 1.29 is 9.47 Å². The molecule has 0 aromatic heterocycles. The zero-order chi connectivity index (χ0) is 19.3. The van der Waals surface area contributed by atoms with Crippen molar-refractivity contribution in [2.75, 3.05) is 53.6 Å². The highest BCUT2D eigenvalue weighted by Gasteiger charge is 2.15. The van der Waals surface area contributed by atoms with Gasteiger partial charge in [-0.2, -0.15) is 0 Å². The molecule has 27 heavy (non-hydrogen) atoms. The van der Waals surface area contributed by atoms with Crippen LogP contribution in [0.2, 0.25) is 0 Å². The summed E-state index contributed by atoms with van der Waals surface area (Å²) in [6.45, 7) is 9.14. The predicted molar refractivity (Wildman–Crippen MR) is 111 cm³/mol. The van der Waals surface area contributed by atoms with Gasteiger partial charge in [0.1, 0.15) is 0 Å². The summed E-state index contributed by atoms with van der Waals surface area (Å²) in [7, 11) is 3.94. The lowest BCUT2D eigenvalue weighted by Gasteiger charge is -2.15. The minimum atomic E-state index is 0.584. The quantitative estimate of drug-likeness (QED) is 0.352. The van der Waals surface area contributed by atoms with E-state index in [4.69, 9.17) is 9.47 Å². The van der Waals surface area contributed by atoms with Crippen LogP contribution in [0.4, 0.5) is 0 Å². The van der Waals surface area contributed by atoms with Gasteiger partial charge in [-0.05, 0) is 37.6 Å². The van der Waals surface area contributed by atoms with E-state index in [0.717, 1.165) is 71.4 Å². The van der Waals surface area contributed by atoms with Crippen molar-refractivity contribution in [2.24, 2.45) is 10.9 Å². The van der Waals surface area contributed by atoms with Crippen LogP contribution in [-0.4, -0.2) is 64.5 Å². The number of rotatable bonds is 11. The van der Waals surface area contributed by atoms with Gasteiger partial charge in [-0.1, -0.05) is 31.2 Å². The molecular weight excluding hydrogens is 340 g/mol. The van der Waals surface area contributed by atoms with Gasteiger partial charge in [-0.3, -0.25) is 4.99 Å². The first kappa shape index (κ1) is 21.7. The first-order valence-electron chi connectivity index (χ1n) is 10.1. The van der Waals surface area contributed by atoms with Gasteiger partial charge in [0.15, 0.2) is 5.96 Å². The normalized spacial score (nSPS) is 17.5. The van der Waals surface area contributed by atoms with Gasteiger partial charge >= 0.3 is 0 Å². The molecule has 6 heteroatoms. The molecule has 0 aliphatic carbocycles. The standard InChI is InChI=1S/C21H36N4O2/c1-4-25(3)15-19-8-5-7-18(13-19)14-24-21(22-2)23-10-6-11-26-16-20-9-12-27-17-20/h5,7-8,13,20H,4,6,9-12,14-17H2,1-3H3,(H2,22,23,24). The molecule has 0 radical (unpaired) electrons. The number of ether oxygens (including phenoxy) is 2. The van der Waals surface area contributed by atoms with Gasteiger partial charge in [0.05, 0.1) is 13.2 Å². The Morgan fingerprint density at radius 2 is 2.19 bits per heavy atom. The van der Waals surface area contributed by atoms with Crippen molar-refractivity contribution >= 4 is 5.96 Å². The summed E-state index contributed by atoms with van der Waals surface area (Å²) < 4.78 is 11.1. The molecule has 0 saturated carbocycles. The maximum absolute atomic E-state index is 5.73. The molecule has 1 atom stereocenters. The molecule has 1 aliphatic rings. The topological polar surface area (TPSA) is 58.1 Å². The van der Waals surface area contributed by atoms with Crippen LogP contribution in [0.3, 0.4) is 0 Å². The van der Waals surface area contributed by atoms with Crippen LogP contribution in [0.25, 0.3) is 0 Å². The average Bonchev–Trinajstić information content (AvgIpc) is 3.20. The molecule has 152 valence electrons. The fraction of sp³-hybridized carbons (Fsp3) is 0.667. The van der Waals surface area contributed by atoms with Crippen molar-refractivity contribution in [3.8, 4) is 0 Å². The molecule has 6 nitrogen and oxygen atoms in total. The maximum atomic E-state index is 5.73. The van der Waals surface area contributed by atoms with Gasteiger partial charge in [-0.25, -0.2) is 0 Å². The fourth-order valence-corrected chi connectivity index (χ4v) is 3.01. The van der Waals surface area contributed by atoms with Crippen LogP contribution in [0, 0.1) is 5.92 Å². The van der Waals surface area contributed by atoms with E-state index in [-0.39, 0.29) is 0 Å². The number of benzene rings is 1. The minimum Gasteiger partial charge on any atom is -0.381 e. The number of nitrogens with zero attached hydrogens (tertiary/aromatic N) is 2. The molecule has 1 aromatic rings. The van der Waals surface area contributed by atoms with E-state index in [1.807, 2.05) is 0 Å². The summed E-state index contributed by atoms with van der Waals surface area (Å²) in [5, 5.41) is 6.73. The monoisotopic (exact) mass is 376 g/mol. The van der Waals surface area contributed by atoms with Crippen LogP contribution < -0.4 is 10.6 Å². The van der Waals surface area contributed by atoms with Crippen molar-refractivity contribution in [1.29, 1.82) is 0 Å². The summed E-state index contributed by atoms with van der Waals surface area (Å²) in [5.74, 6) is 1.41. The summed E-state index contributed by atoms with van der Waals surface area (Å²) in [6, 6.07) is 8.71. The van der Waals surface area contributed by atoms with Crippen molar-refractivity contribution in [2.45, 2.75) is 32.9 Å². The van der Waals surface area contributed by atoms with Crippen LogP contribution in [0.5, 0.6) is 0 Å². The van der Waals surface area contributed by atoms with Crippen molar-refractivity contribution in [1.82, 2.24) is 15.5 Å². The Bertz CT molecular complexity index is 559. The Morgan fingerprint density at radius 3 is 2.93 bits per heavy atom. The second-order valence-corrected chi connectivity index (χ2v) is 7.16. The molecule has 0 spiro atoms. The molecule has 1 fully saturated rings. The molecule has 1 saturated heterocycles. The zero-order valence-electron chi connectivity index (χ0n) is 17.2. The number of nitrogens with one attached hydrogen (secondary N) is 2. The second-order valence-electron chi connectivity index (χ2n) is 7.16. The van der Waals surface area contributed by atoms with Gasteiger partial charge in [0, 0.05) is 45.8 Å². The highest BCUT2D eigenvalue weighted by molar-refractivity contribution is 5.79. The van der Waals surface area contributed by atoms with Crippen molar-refractivity contribution in [3.05, 3.63) is 35.4 Å². The lowest BCUT2D eigenvalue weighted by Crippen LogP contribution is -2.37. The van der Waals surface area contributed by atoms with Crippen LogP contribution in [0.1, 0.15) is 30.9 Å². The van der Waals surface area contributed by atoms with Crippen LogP contribution >= 0.6 is 0 Å². The lowest BCUT2D eigenvalue weighted by molar-refractivity contribution is 0.0888. The molecule has 1 aromatic carbocycles. The first-order chi connectivity index (χ1) is 13.2. The third kappa shape index (κ3) is 8.73. The third-order valence-corrected chi connectivity index (χ3v) is 4.80. The Hall–Kier alpha value is -1.63. The SMILES string of the molecule is CCN(C)Cc1cccc(CNC(=NC)NCCCOCC2CCOC2)c1. The zero-order valence-corrected chi connectivity index (χ0v) is 17.2. The van der Waals surface area contributed by atoms with E-state index in [9.17, 15) is 0 Å². The number of guanidine groups is 1. The highest BCUT2D eigenvalue weighted by Crippen LogP contribution is 2.12. The average molecular weight is 377 g/mol. The Kier molecular flexibility index (Phi) is 10.2. The molecule has 1 unspecified atom stereocenters. The largest absolute Gasteiger partial charge is 0.381 e. The van der Waals surface area contributed by atoms with E-state index in [0.29, 0.717) is 5.92 Å². The van der Waals surface area contributed by atoms with Crippen LogP contribution in [0.15, 0.2) is 29.3 Å². The van der Waals surface area contributed by atoms with Gasteiger partial charge in [0.2, 0.25) is 0 Å². The van der Waals surface area contributed by atoms with Gasteiger partial charge in [-0.15, -0.1) is 0 Å². The number of hydrogen-bond acceptors (Lipinski definition) is 4. The van der Waals surface area contributed by atoms with Crippen molar-refractivity contribution in [3.63, 3.8) is 0 Å². The van der Waals surface area contributed by atoms with E-state index in [1.54, 1.807) is 7.05 Å². The summed E-state index contributed by atoms with van der Waals surface area (Å²) in [5.41, 5.74) is 2.61. The van der Waals surface area contributed by atoms with Gasteiger partial charge in [0.25, 0.3) is 0 Å². The van der Waals surface area contributed by atoms with E-state index < -0.39 is 0 Å². The minimum absolute atomic E-state index is 0.584.